The van der Waals surface area contributed by atoms with Crippen LogP contribution in [0.4, 0.5) is 0 Å². The lowest BCUT2D eigenvalue weighted by Gasteiger charge is -2.35. The maximum absolute atomic E-state index is 10.8. The number of hydrazone groups is 1. The molecule has 0 aromatic heterocycles. The predicted molar refractivity (Wildman–Crippen MR) is 70.5 cm³/mol. The van der Waals surface area contributed by atoms with Crippen molar-refractivity contribution in [1.82, 2.24) is 5.01 Å². The lowest BCUT2D eigenvalue weighted by molar-refractivity contribution is -0.142. The van der Waals surface area contributed by atoms with E-state index in [1.807, 2.05) is 5.01 Å². The van der Waals surface area contributed by atoms with Crippen molar-refractivity contribution in [3.63, 3.8) is 0 Å². The number of nitrogens with zero attached hydrogens (tertiary/aromatic N) is 2. The third-order valence-electron chi connectivity index (χ3n) is 3.33. The summed E-state index contributed by atoms with van der Waals surface area (Å²) in [6, 6.07) is 0.267. The lowest BCUT2D eigenvalue weighted by atomic mass is 9.97. The number of hydrogen-bond acceptors (Lipinski definition) is 5. The monoisotopic (exact) mass is 256 g/mol. The molecular weight excluding hydrogens is 232 g/mol. The zero-order chi connectivity index (χ0) is 13.8. The summed E-state index contributed by atoms with van der Waals surface area (Å²) >= 11 is 0. The Bertz CT molecular complexity index is 315. The average Bonchev–Trinajstić information content (AvgIpc) is 2.74. The summed E-state index contributed by atoms with van der Waals surface area (Å²) in [5, 5.41) is 6.45. The van der Waals surface area contributed by atoms with E-state index in [2.05, 4.69) is 18.9 Å². The molecule has 1 unspecified atom stereocenters. The van der Waals surface area contributed by atoms with E-state index in [1.54, 1.807) is 20.2 Å². The van der Waals surface area contributed by atoms with E-state index in [0.717, 1.165) is 19.4 Å². The first-order valence-corrected chi connectivity index (χ1v) is 6.40. The first-order valence-electron chi connectivity index (χ1n) is 6.40. The van der Waals surface area contributed by atoms with Crippen molar-refractivity contribution in [3.8, 4) is 0 Å². The molecule has 1 aliphatic rings. The molecule has 104 valence electrons. The molecule has 5 heteroatoms. The van der Waals surface area contributed by atoms with Crippen LogP contribution in [0.15, 0.2) is 5.10 Å². The van der Waals surface area contributed by atoms with Crippen LogP contribution in [-0.2, 0) is 14.3 Å². The molecule has 1 saturated heterocycles. The fraction of sp³-hybridized carbons (Fsp3) is 0.846. The van der Waals surface area contributed by atoms with Crippen molar-refractivity contribution in [2.75, 3.05) is 13.7 Å². The smallest absolute Gasteiger partial charge is 0.303 e. The standard InChI is InChI=1S/C13H24N2O3/c1-10(18-11(2)16)9-14-15-8-6-7-12(15)13(3,4)17-5/h9-10,12H,6-8H2,1-5H3/b14-9+/t10?,12-/m0/s1. The maximum Gasteiger partial charge on any atom is 0.303 e. The van der Waals surface area contributed by atoms with Gasteiger partial charge in [-0.2, -0.15) is 5.10 Å². The van der Waals surface area contributed by atoms with Gasteiger partial charge >= 0.3 is 5.97 Å². The van der Waals surface area contributed by atoms with Crippen LogP contribution in [0.25, 0.3) is 0 Å². The van der Waals surface area contributed by atoms with Crippen LogP contribution in [0.5, 0.6) is 0 Å². The van der Waals surface area contributed by atoms with Crippen LogP contribution in [0.3, 0.4) is 0 Å². The van der Waals surface area contributed by atoms with Crippen molar-refractivity contribution in [1.29, 1.82) is 0 Å². The maximum atomic E-state index is 10.8. The quantitative estimate of drug-likeness (QED) is 0.556. The van der Waals surface area contributed by atoms with E-state index in [1.165, 1.54) is 6.92 Å². The minimum absolute atomic E-state index is 0.224. The van der Waals surface area contributed by atoms with Crippen molar-refractivity contribution < 1.29 is 14.3 Å². The van der Waals surface area contributed by atoms with E-state index in [-0.39, 0.29) is 23.7 Å². The minimum Gasteiger partial charge on any atom is -0.457 e. The third kappa shape index (κ3) is 3.98. The second kappa shape index (κ2) is 6.18. The number of ether oxygens (including phenoxy) is 2. The van der Waals surface area contributed by atoms with Crippen LogP contribution in [-0.4, -0.2) is 48.6 Å². The highest BCUT2D eigenvalue weighted by Crippen LogP contribution is 2.29. The second-order valence-electron chi connectivity index (χ2n) is 5.21. The van der Waals surface area contributed by atoms with E-state index < -0.39 is 0 Å². The Morgan fingerprint density at radius 2 is 2.22 bits per heavy atom. The van der Waals surface area contributed by atoms with Gasteiger partial charge in [0.15, 0.2) is 0 Å². The number of carbonyl (C=O) groups is 1. The van der Waals surface area contributed by atoms with Crippen molar-refractivity contribution in [2.45, 2.75) is 58.3 Å². The Morgan fingerprint density at radius 3 is 2.78 bits per heavy atom. The molecule has 0 aromatic carbocycles. The lowest BCUT2D eigenvalue weighted by Crippen LogP contribution is -2.45. The van der Waals surface area contributed by atoms with Crippen LogP contribution in [0, 0.1) is 0 Å². The molecule has 0 aliphatic carbocycles. The van der Waals surface area contributed by atoms with Gasteiger partial charge in [0.25, 0.3) is 0 Å². The van der Waals surface area contributed by atoms with Gasteiger partial charge in [-0.05, 0) is 33.6 Å². The van der Waals surface area contributed by atoms with Crippen molar-refractivity contribution in [2.24, 2.45) is 5.10 Å². The second-order valence-corrected chi connectivity index (χ2v) is 5.21. The molecule has 0 aromatic rings. The van der Waals surface area contributed by atoms with E-state index in [4.69, 9.17) is 9.47 Å². The summed E-state index contributed by atoms with van der Waals surface area (Å²) in [6.07, 6.45) is 3.55. The average molecular weight is 256 g/mol. The Labute approximate surface area is 109 Å². The van der Waals surface area contributed by atoms with Gasteiger partial charge in [-0.25, -0.2) is 0 Å². The number of rotatable bonds is 5. The highest BCUT2D eigenvalue weighted by atomic mass is 16.5. The molecule has 1 heterocycles. The minimum atomic E-state index is -0.297. The Kier molecular flexibility index (Phi) is 5.14. The molecule has 5 nitrogen and oxygen atoms in total. The molecule has 0 radical (unpaired) electrons. The van der Waals surface area contributed by atoms with Gasteiger partial charge in [-0.3, -0.25) is 9.80 Å². The van der Waals surface area contributed by atoms with Gasteiger partial charge in [0.05, 0.1) is 17.9 Å². The molecule has 1 aliphatic heterocycles. The third-order valence-corrected chi connectivity index (χ3v) is 3.33. The molecule has 0 saturated carbocycles. The van der Waals surface area contributed by atoms with Crippen LogP contribution < -0.4 is 0 Å². The summed E-state index contributed by atoms with van der Waals surface area (Å²) in [6.45, 7) is 8.26. The van der Waals surface area contributed by atoms with Crippen LogP contribution in [0.2, 0.25) is 0 Å². The summed E-state index contributed by atoms with van der Waals surface area (Å²) < 4.78 is 10.5. The first-order chi connectivity index (χ1) is 8.36. The number of hydrogen-bond donors (Lipinski definition) is 0. The van der Waals surface area contributed by atoms with Crippen molar-refractivity contribution >= 4 is 12.2 Å². The van der Waals surface area contributed by atoms with E-state index >= 15 is 0 Å². The van der Waals surface area contributed by atoms with E-state index in [0.29, 0.717) is 0 Å². The number of esters is 1. The molecule has 0 bridgehead atoms. The highest BCUT2D eigenvalue weighted by molar-refractivity contribution is 5.71. The molecule has 0 amide bonds. The van der Waals surface area contributed by atoms with Gasteiger partial charge in [0.1, 0.15) is 6.10 Å². The van der Waals surface area contributed by atoms with E-state index in [9.17, 15) is 4.79 Å². The van der Waals surface area contributed by atoms with Gasteiger partial charge in [0.2, 0.25) is 0 Å². The molecule has 1 fully saturated rings. The fourth-order valence-electron chi connectivity index (χ4n) is 2.20. The molecule has 0 spiro atoms. The molecule has 18 heavy (non-hydrogen) atoms. The van der Waals surface area contributed by atoms with Crippen LogP contribution in [0.1, 0.15) is 40.5 Å². The Hall–Kier alpha value is -1.10. The molecule has 0 N–H and O–H groups in total. The van der Waals surface area contributed by atoms with Gasteiger partial charge in [0, 0.05) is 20.6 Å². The topological polar surface area (TPSA) is 51.1 Å². The van der Waals surface area contributed by atoms with Gasteiger partial charge in [-0.15, -0.1) is 0 Å². The predicted octanol–water partition coefficient (Wildman–Crippen LogP) is 1.81. The summed E-state index contributed by atoms with van der Waals surface area (Å²) in [5.41, 5.74) is -0.224. The Balaban J connectivity index is 2.60. The summed E-state index contributed by atoms with van der Waals surface area (Å²) in [7, 11) is 1.72. The van der Waals surface area contributed by atoms with Crippen molar-refractivity contribution in [3.05, 3.63) is 0 Å². The van der Waals surface area contributed by atoms with Crippen LogP contribution >= 0.6 is 0 Å². The van der Waals surface area contributed by atoms with Gasteiger partial charge < -0.3 is 9.47 Å². The number of methoxy groups -OCH3 is 1. The largest absolute Gasteiger partial charge is 0.457 e. The normalized spacial score (nSPS) is 22.5. The molecular formula is C13H24N2O3. The first kappa shape index (κ1) is 15.0. The van der Waals surface area contributed by atoms with Gasteiger partial charge in [-0.1, -0.05) is 0 Å². The highest BCUT2D eigenvalue weighted by Gasteiger charge is 2.37. The SMILES string of the molecule is COC(C)(C)[C@@H]1CCCN1/N=C/C(C)OC(C)=O. The fourth-order valence-corrected chi connectivity index (χ4v) is 2.20. The zero-order valence-electron chi connectivity index (χ0n) is 12.0. The molecule has 2 atom stereocenters. The zero-order valence-corrected chi connectivity index (χ0v) is 12.0. The summed E-state index contributed by atoms with van der Waals surface area (Å²) in [4.78, 5) is 10.8. The Morgan fingerprint density at radius 1 is 1.56 bits per heavy atom. The number of carbonyl (C=O) groups excluding carboxylic acids is 1. The molecule has 1 rings (SSSR count). The summed E-state index contributed by atoms with van der Waals surface area (Å²) in [5.74, 6) is -0.288.